The largest absolute Gasteiger partial charge is 0.378 e. The second kappa shape index (κ2) is 9.67. The Bertz CT molecular complexity index is 643. The summed E-state index contributed by atoms with van der Waals surface area (Å²) in [6.45, 7) is 8.68. The number of piperidine rings is 1. The molecule has 2 aliphatic rings. The third-order valence-electron chi connectivity index (χ3n) is 5.22. The molecule has 27 heavy (non-hydrogen) atoms. The van der Waals surface area contributed by atoms with Crippen LogP contribution in [0.5, 0.6) is 0 Å². The highest BCUT2D eigenvalue weighted by Gasteiger charge is 2.31. The molecule has 2 amide bonds. The van der Waals surface area contributed by atoms with E-state index in [2.05, 4.69) is 11.5 Å². The Morgan fingerprint density at radius 1 is 1.19 bits per heavy atom. The minimum absolute atomic E-state index is 0.0192. The van der Waals surface area contributed by atoms with Crippen molar-refractivity contribution in [3.63, 3.8) is 0 Å². The number of morpholine rings is 1. The highest BCUT2D eigenvalue weighted by atomic mass is 16.5. The molecule has 0 aliphatic carbocycles. The molecule has 0 spiro atoms. The minimum Gasteiger partial charge on any atom is -0.378 e. The Morgan fingerprint density at radius 3 is 2.63 bits per heavy atom. The van der Waals surface area contributed by atoms with Crippen LogP contribution in [0.2, 0.25) is 0 Å². The van der Waals surface area contributed by atoms with Crippen molar-refractivity contribution in [3.8, 4) is 0 Å². The Labute approximate surface area is 161 Å². The van der Waals surface area contributed by atoms with Gasteiger partial charge in [-0.3, -0.25) is 14.5 Å². The minimum atomic E-state index is -0.0192. The summed E-state index contributed by atoms with van der Waals surface area (Å²) < 4.78 is 5.34. The summed E-state index contributed by atoms with van der Waals surface area (Å²) in [4.78, 5) is 31.5. The molecule has 6 nitrogen and oxygen atoms in total. The van der Waals surface area contributed by atoms with Crippen LogP contribution in [0.25, 0.3) is 0 Å². The first-order valence-corrected chi connectivity index (χ1v) is 9.74. The number of para-hydroxylation sites is 1. The lowest BCUT2D eigenvalue weighted by molar-refractivity contribution is -0.142. The van der Waals surface area contributed by atoms with Gasteiger partial charge in [0.05, 0.1) is 25.7 Å². The fraction of sp³-hybridized carbons (Fsp3) is 0.524. The second-order valence-electron chi connectivity index (χ2n) is 7.14. The maximum atomic E-state index is 12.9. The number of ether oxygens (including phenoxy) is 1. The number of carbonyl (C=O) groups excluding carboxylic acids is 2. The van der Waals surface area contributed by atoms with E-state index >= 15 is 0 Å². The van der Waals surface area contributed by atoms with E-state index in [0.29, 0.717) is 45.9 Å². The van der Waals surface area contributed by atoms with Gasteiger partial charge in [-0.15, -0.1) is 6.58 Å². The van der Waals surface area contributed by atoms with E-state index in [4.69, 9.17) is 4.74 Å². The first-order valence-electron chi connectivity index (χ1n) is 9.74. The van der Waals surface area contributed by atoms with Crippen LogP contribution in [0.4, 0.5) is 5.69 Å². The fourth-order valence-corrected chi connectivity index (χ4v) is 3.81. The van der Waals surface area contributed by atoms with E-state index < -0.39 is 0 Å². The summed E-state index contributed by atoms with van der Waals surface area (Å²) >= 11 is 0. The van der Waals surface area contributed by atoms with Crippen LogP contribution in [-0.2, 0) is 14.3 Å². The van der Waals surface area contributed by atoms with Crippen LogP contribution in [0.1, 0.15) is 12.8 Å². The molecule has 2 saturated heterocycles. The lowest BCUT2D eigenvalue weighted by Gasteiger charge is -2.36. The van der Waals surface area contributed by atoms with E-state index in [1.165, 1.54) is 0 Å². The summed E-state index contributed by atoms with van der Waals surface area (Å²) in [6, 6.07) is 9.66. The summed E-state index contributed by atoms with van der Waals surface area (Å²) in [5, 5.41) is 0. The Kier molecular flexibility index (Phi) is 7.01. The highest BCUT2D eigenvalue weighted by Crippen LogP contribution is 2.20. The molecule has 2 aliphatic heterocycles. The van der Waals surface area contributed by atoms with E-state index in [1.54, 1.807) is 11.0 Å². The monoisotopic (exact) mass is 371 g/mol. The second-order valence-corrected chi connectivity index (χ2v) is 7.14. The molecule has 0 saturated carbocycles. The predicted molar refractivity (Wildman–Crippen MR) is 106 cm³/mol. The van der Waals surface area contributed by atoms with Gasteiger partial charge in [-0.05, 0) is 31.5 Å². The first-order chi connectivity index (χ1) is 13.2. The van der Waals surface area contributed by atoms with Gasteiger partial charge in [0.1, 0.15) is 0 Å². The molecule has 0 N–H and O–H groups in total. The summed E-state index contributed by atoms with van der Waals surface area (Å²) in [5.41, 5.74) is 0.875. The highest BCUT2D eigenvalue weighted by molar-refractivity contribution is 5.95. The predicted octanol–water partition coefficient (Wildman–Crippen LogP) is 1.78. The topological polar surface area (TPSA) is 53.1 Å². The zero-order valence-corrected chi connectivity index (χ0v) is 15.9. The Morgan fingerprint density at radius 2 is 1.93 bits per heavy atom. The van der Waals surface area contributed by atoms with Gasteiger partial charge in [0, 0.05) is 31.9 Å². The van der Waals surface area contributed by atoms with E-state index in [9.17, 15) is 9.59 Å². The molecule has 2 fully saturated rings. The molecule has 0 aromatic heterocycles. The molecule has 0 bridgehead atoms. The van der Waals surface area contributed by atoms with Crippen molar-refractivity contribution in [2.24, 2.45) is 5.92 Å². The Balaban J connectivity index is 1.59. The number of benzene rings is 1. The molecular weight excluding hydrogens is 342 g/mol. The molecular formula is C21H29N3O3. The summed E-state index contributed by atoms with van der Waals surface area (Å²) in [6.07, 6.45) is 3.59. The van der Waals surface area contributed by atoms with Crippen molar-refractivity contribution in [1.29, 1.82) is 0 Å². The number of carbonyl (C=O) groups is 2. The standard InChI is InChI=1S/C21H29N3O3/c1-2-10-24(19-8-4-3-5-9-19)20(25)17-22-11-6-7-18(16-22)21(26)23-12-14-27-15-13-23/h2-5,8-9,18H,1,6-7,10-17H2. The molecule has 146 valence electrons. The molecule has 1 aromatic rings. The summed E-state index contributed by atoms with van der Waals surface area (Å²) in [5.74, 6) is 0.233. The van der Waals surface area contributed by atoms with Crippen molar-refractivity contribution < 1.29 is 14.3 Å². The molecule has 3 rings (SSSR count). The van der Waals surface area contributed by atoms with Crippen LogP contribution in [0, 0.1) is 5.92 Å². The third kappa shape index (κ3) is 5.17. The number of hydrogen-bond acceptors (Lipinski definition) is 4. The van der Waals surface area contributed by atoms with Crippen molar-refractivity contribution in [2.75, 3.05) is 57.4 Å². The van der Waals surface area contributed by atoms with Crippen LogP contribution >= 0.6 is 0 Å². The van der Waals surface area contributed by atoms with Gasteiger partial charge in [-0.1, -0.05) is 24.3 Å². The zero-order chi connectivity index (χ0) is 19.1. The van der Waals surface area contributed by atoms with Gasteiger partial charge >= 0.3 is 0 Å². The van der Waals surface area contributed by atoms with Gasteiger partial charge in [0.2, 0.25) is 11.8 Å². The maximum Gasteiger partial charge on any atom is 0.241 e. The molecule has 1 unspecified atom stereocenters. The lowest BCUT2D eigenvalue weighted by atomic mass is 9.96. The normalized spacial score (nSPS) is 20.9. The van der Waals surface area contributed by atoms with Crippen molar-refractivity contribution >= 4 is 17.5 Å². The number of amides is 2. The van der Waals surface area contributed by atoms with Crippen molar-refractivity contribution in [3.05, 3.63) is 43.0 Å². The van der Waals surface area contributed by atoms with Gasteiger partial charge in [0.25, 0.3) is 0 Å². The first kappa shape index (κ1) is 19.6. The third-order valence-corrected chi connectivity index (χ3v) is 5.22. The van der Waals surface area contributed by atoms with Crippen LogP contribution in [-0.4, -0.2) is 74.1 Å². The van der Waals surface area contributed by atoms with Crippen molar-refractivity contribution in [1.82, 2.24) is 9.80 Å². The van der Waals surface area contributed by atoms with Crippen LogP contribution in [0.3, 0.4) is 0 Å². The van der Waals surface area contributed by atoms with Gasteiger partial charge < -0.3 is 14.5 Å². The number of anilines is 1. The fourth-order valence-electron chi connectivity index (χ4n) is 3.81. The average molecular weight is 371 g/mol. The smallest absolute Gasteiger partial charge is 0.241 e. The van der Waals surface area contributed by atoms with E-state index in [-0.39, 0.29) is 17.7 Å². The van der Waals surface area contributed by atoms with E-state index in [1.807, 2.05) is 35.2 Å². The van der Waals surface area contributed by atoms with Crippen LogP contribution < -0.4 is 4.90 Å². The van der Waals surface area contributed by atoms with Gasteiger partial charge in [-0.2, -0.15) is 0 Å². The Hall–Kier alpha value is -2.18. The molecule has 0 radical (unpaired) electrons. The number of likely N-dealkylation sites (tertiary alicyclic amines) is 1. The van der Waals surface area contributed by atoms with Crippen molar-refractivity contribution in [2.45, 2.75) is 12.8 Å². The molecule has 1 atom stereocenters. The SMILES string of the molecule is C=CCN(C(=O)CN1CCCC(C(=O)N2CCOCC2)C1)c1ccccc1. The van der Waals surface area contributed by atoms with Gasteiger partial charge in [-0.25, -0.2) is 0 Å². The van der Waals surface area contributed by atoms with Crippen LogP contribution in [0.15, 0.2) is 43.0 Å². The molecule has 2 heterocycles. The van der Waals surface area contributed by atoms with Gasteiger partial charge in [0.15, 0.2) is 0 Å². The molecule has 6 heteroatoms. The zero-order valence-electron chi connectivity index (χ0n) is 15.9. The number of rotatable bonds is 6. The van der Waals surface area contributed by atoms with E-state index in [0.717, 1.165) is 25.1 Å². The number of nitrogens with zero attached hydrogens (tertiary/aromatic N) is 3. The lowest BCUT2D eigenvalue weighted by Crippen LogP contribution is -2.50. The summed E-state index contributed by atoms with van der Waals surface area (Å²) in [7, 11) is 0. The quantitative estimate of drug-likeness (QED) is 0.716. The molecule has 1 aromatic carbocycles. The maximum absolute atomic E-state index is 12.9. The average Bonchev–Trinajstić information content (AvgIpc) is 2.73. The number of hydrogen-bond donors (Lipinski definition) is 0.